The normalized spacial score (nSPS) is 15.3. The fraction of sp³-hybridized carbons (Fsp3) is 0.240. The molecule has 1 N–H and O–H groups in total. The predicted octanol–water partition coefficient (Wildman–Crippen LogP) is 6.01. The van der Waals surface area contributed by atoms with Gasteiger partial charge in [0.1, 0.15) is 12.4 Å². The van der Waals surface area contributed by atoms with Gasteiger partial charge >= 0.3 is 0 Å². The molecule has 160 valence electrons. The topological polar surface area (TPSA) is 47.6 Å². The minimum atomic E-state index is -0.433. The van der Waals surface area contributed by atoms with E-state index < -0.39 is 5.54 Å². The number of benzene rings is 3. The van der Waals surface area contributed by atoms with Crippen molar-refractivity contribution in [2.24, 2.45) is 0 Å². The van der Waals surface area contributed by atoms with E-state index in [0.717, 1.165) is 24.0 Å². The van der Waals surface area contributed by atoms with Gasteiger partial charge in [0.25, 0.3) is 5.91 Å². The summed E-state index contributed by atoms with van der Waals surface area (Å²) in [4.78, 5) is 13.2. The third-order valence-corrected chi connectivity index (χ3v) is 6.05. The number of amides is 1. The average Bonchev–Trinajstić information content (AvgIpc) is 2.81. The van der Waals surface area contributed by atoms with E-state index in [0.29, 0.717) is 34.6 Å². The van der Waals surface area contributed by atoms with Gasteiger partial charge in [-0.25, -0.2) is 0 Å². The largest absolute Gasteiger partial charge is 0.487 e. The van der Waals surface area contributed by atoms with E-state index in [-0.39, 0.29) is 12.5 Å². The summed E-state index contributed by atoms with van der Waals surface area (Å²) in [5, 5.41) is 4.32. The molecule has 1 fully saturated rings. The van der Waals surface area contributed by atoms with Crippen LogP contribution in [0.4, 0.5) is 0 Å². The van der Waals surface area contributed by atoms with Gasteiger partial charge in [-0.2, -0.15) is 0 Å². The Labute approximate surface area is 192 Å². The number of carbonyl (C=O) groups is 1. The molecule has 4 nitrogen and oxygen atoms in total. The van der Waals surface area contributed by atoms with Crippen molar-refractivity contribution in [2.75, 3.05) is 13.2 Å². The van der Waals surface area contributed by atoms with E-state index in [2.05, 4.69) is 17.4 Å². The van der Waals surface area contributed by atoms with Crippen molar-refractivity contribution in [1.82, 2.24) is 5.32 Å². The first-order chi connectivity index (χ1) is 15.1. The Hall–Kier alpha value is -2.53. The van der Waals surface area contributed by atoms with Gasteiger partial charge in [-0.15, -0.1) is 0 Å². The maximum absolute atomic E-state index is 13.2. The van der Waals surface area contributed by atoms with Crippen LogP contribution in [0.1, 0.15) is 34.3 Å². The molecule has 3 aromatic rings. The number of nitrogens with one attached hydrogen (secondary N) is 1. The lowest BCUT2D eigenvalue weighted by molar-refractivity contribution is 0.0345. The molecule has 0 saturated carbocycles. The molecule has 0 atom stereocenters. The van der Waals surface area contributed by atoms with Crippen molar-refractivity contribution < 1.29 is 14.3 Å². The Balaban J connectivity index is 1.50. The Morgan fingerprint density at radius 1 is 0.968 bits per heavy atom. The van der Waals surface area contributed by atoms with E-state index in [1.54, 1.807) is 18.2 Å². The van der Waals surface area contributed by atoms with Crippen molar-refractivity contribution in [3.63, 3.8) is 0 Å². The molecule has 0 spiro atoms. The summed E-state index contributed by atoms with van der Waals surface area (Å²) in [5.74, 6) is 0.391. The molecule has 1 saturated heterocycles. The molecule has 0 aromatic heterocycles. The maximum Gasteiger partial charge on any atom is 0.251 e. The standard InChI is InChI=1S/C25H23Cl2NO3/c26-21-9-10-22(27)23(16-21)31-17-18-5-4-6-19(15-18)24(29)28-25(11-13-30-14-12-25)20-7-2-1-3-8-20/h1-10,15-16H,11-14,17H2,(H,28,29). The van der Waals surface area contributed by atoms with Crippen LogP contribution in [-0.2, 0) is 16.9 Å². The highest BCUT2D eigenvalue weighted by molar-refractivity contribution is 6.34. The Morgan fingerprint density at radius 2 is 1.74 bits per heavy atom. The molecule has 0 bridgehead atoms. The molecule has 1 amide bonds. The molecule has 0 radical (unpaired) electrons. The zero-order valence-corrected chi connectivity index (χ0v) is 18.5. The zero-order valence-electron chi connectivity index (χ0n) is 16.9. The van der Waals surface area contributed by atoms with Crippen LogP contribution in [-0.4, -0.2) is 19.1 Å². The van der Waals surface area contributed by atoms with Gasteiger partial charge in [0.15, 0.2) is 0 Å². The lowest BCUT2D eigenvalue weighted by Crippen LogP contribution is -2.49. The second-order valence-corrected chi connectivity index (χ2v) is 8.42. The number of hydrogen-bond donors (Lipinski definition) is 1. The van der Waals surface area contributed by atoms with Gasteiger partial charge in [-0.1, -0.05) is 65.7 Å². The number of carbonyl (C=O) groups excluding carboxylic acids is 1. The van der Waals surface area contributed by atoms with Crippen molar-refractivity contribution in [3.8, 4) is 5.75 Å². The highest BCUT2D eigenvalue weighted by Crippen LogP contribution is 2.33. The van der Waals surface area contributed by atoms with Crippen LogP contribution in [0.15, 0.2) is 72.8 Å². The highest BCUT2D eigenvalue weighted by Gasteiger charge is 2.36. The lowest BCUT2D eigenvalue weighted by atomic mass is 9.82. The van der Waals surface area contributed by atoms with E-state index in [9.17, 15) is 4.79 Å². The summed E-state index contributed by atoms with van der Waals surface area (Å²) in [6, 6.07) is 22.6. The number of rotatable bonds is 6. The number of hydrogen-bond acceptors (Lipinski definition) is 3. The van der Waals surface area contributed by atoms with Gasteiger partial charge in [-0.3, -0.25) is 4.79 Å². The van der Waals surface area contributed by atoms with Gasteiger partial charge in [0, 0.05) is 29.9 Å². The molecule has 0 unspecified atom stereocenters. The third kappa shape index (κ3) is 5.21. The summed E-state index contributed by atoms with van der Waals surface area (Å²) in [6.45, 7) is 1.51. The highest BCUT2D eigenvalue weighted by atomic mass is 35.5. The molecule has 31 heavy (non-hydrogen) atoms. The summed E-state index contributed by atoms with van der Waals surface area (Å²) >= 11 is 12.2. The van der Waals surface area contributed by atoms with Crippen LogP contribution in [0.3, 0.4) is 0 Å². The third-order valence-electron chi connectivity index (χ3n) is 5.50. The van der Waals surface area contributed by atoms with Crippen LogP contribution in [0, 0.1) is 0 Å². The van der Waals surface area contributed by atoms with Gasteiger partial charge in [-0.05, 0) is 48.2 Å². The average molecular weight is 456 g/mol. The lowest BCUT2D eigenvalue weighted by Gasteiger charge is -2.38. The minimum absolute atomic E-state index is 0.117. The van der Waals surface area contributed by atoms with Crippen LogP contribution < -0.4 is 10.1 Å². The van der Waals surface area contributed by atoms with Gasteiger partial charge < -0.3 is 14.8 Å². The van der Waals surface area contributed by atoms with Crippen LogP contribution >= 0.6 is 23.2 Å². The zero-order chi connectivity index (χ0) is 21.7. The molecule has 0 aliphatic carbocycles. The number of ether oxygens (including phenoxy) is 2. The summed E-state index contributed by atoms with van der Waals surface area (Å²) in [6.07, 6.45) is 1.47. The molecule has 1 heterocycles. The summed E-state index contributed by atoms with van der Waals surface area (Å²) < 4.78 is 11.4. The smallest absolute Gasteiger partial charge is 0.251 e. The van der Waals surface area contributed by atoms with E-state index in [4.69, 9.17) is 32.7 Å². The van der Waals surface area contributed by atoms with Gasteiger partial charge in [0.2, 0.25) is 0 Å². The first kappa shape index (κ1) is 21.7. The molecular weight excluding hydrogens is 433 g/mol. The van der Waals surface area contributed by atoms with Crippen molar-refractivity contribution in [3.05, 3.63) is 99.5 Å². The SMILES string of the molecule is O=C(NC1(c2ccccc2)CCOCC1)c1cccc(COc2cc(Cl)ccc2Cl)c1. The second-order valence-electron chi connectivity index (χ2n) is 7.58. The van der Waals surface area contributed by atoms with Crippen molar-refractivity contribution >= 4 is 29.1 Å². The molecule has 1 aliphatic rings. The quantitative estimate of drug-likeness (QED) is 0.494. The van der Waals surface area contributed by atoms with E-state index >= 15 is 0 Å². The Morgan fingerprint density at radius 3 is 2.52 bits per heavy atom. The monoisotopic (exact) mass is 455 g/mol. The maximum atomic E-state index is 13.2. The minimum Gasteiger partial charge on any atom is -0.487 e. The Bertz CT molecular complexity index is 1050. The van der Waals surface area contributed by atoms with E-state index in [1.807, 2.05) is 42.5 Å². The molecular formula is C25H23Cl2NO3. The van der Waals surface area contributed by atoms with Crippen LogP contribution in [0.2, 0.25) is 10.0 Å². The fourth-order valence-electron chi connectivity index (χ4n) is 3.80. The molecule has 3 aromatic carbocycles. The predicted molar refractivity (Wildman–Crippen MR) is 123 cm³/mol. The van der Waals surface area contributed by atoms with Crippen LogP contribution in [0.5, 0.6) is 5.75 Å². The summed E-state index contributed by atoms with van der Waals surface area (Å²) in [7, 11) is 0. The first-order valence-corrected chi connectivity index (χ1v) is 10.9. The van der Waals surface area contributed by atoms with Crippen molar-refractivity contribution in [2.45, 2.75) is 25.0 Å². The number of halogens is 2. The first-order valence-electron chi connectivity index (χ1n) is 10.2. The Kier molecular flexibility index (Phi) is 6.81. The molecule has 6 heteroatoms. The van der Waals surface area contributed by atoms with Crippen LogP contribution in [0.25, 0.3) is 0 Å². The second kappa shape index (κ2) is 9.73. The molecule has 4 rings (SSSR count). The molecule has 1 aliphatic heterocycles. The summed E-state index contributed by atoms with van der Waals surface area (Å²) in [5.41, 5.74) is 2.11. The fourth-order valence-corrected chi connectivity index (χ4v) is 4.14. The van der Waals surface area contributed by atoms with Crippen molar-refractivity contribution in [1.29, 1.82) is 0 Å². The van der Waals surface area contributed by atoms with E-state index in [1.165, 1.54) is 0 Å². The van der Waals surface area contributed by atoms with Gasteiger partial charge in [0.05, 0.1) is 10.6 Å².